The lowest BCUT2D eigenvalue weighted by Gasteiger charge is -2.36. The number of carbonyl (C=O) groups excluding carboxylic acids is 1. The largest absolute Gasteiger partial charge is 0.484 e. The number of thiophene rings is 1. The lowest BCUT2D eigenvalue weighted by atomic mass is 10.2. The lowest BCUT2D eigenvalue weighted by Crippen LogP contribution is -2.52. The number of amides is 1. The van der Waals surface area contributed by atoms with E-state index in [1.807, 2.05) is 35.6 Å². The molecule has 7 nitrogen and oxygen atoms in total. The Bertz CT molecular complexity index is 807. The Morgan fingerprint density at radius 3 is 2.70 bits per heavy atom. The molecule has 3 rings (SSSR count). The molecule has 0 radical (unpaired) electrons. The van der Waals surface area contributed by atoms with Gasteiger partial charge in [0.15, 0.2) is 12.6 Å². The van der Waals surface area contributed by atoms with Crippen LogP contribution in [-0.4, -0.2) is 61.0 Å². The van der Waals surface area contributed by atoms with E-state index in [1.54, 1.807) is 0 Å². The first-order valence-corrected chi connectivity index (χ1v) is 10.8. The van der Waals surface area contributed by atoms with E-state index in [4.69, 9.17) is 15.5 Å². The van der Waals surface area contributed by atoms with E-state index in [1.165, 1.54) is 4.88 Å². The number of halogens is 1. The second-order valence-electron chi connectivity index (χ2n) is 6.92. The topological polar surface area (TPSA) is 83.2 Å². The van der Waals surface area contributed by atoms with Crippen molar-refractivity contribution in [2.75, 3.05) is 39.3 Å². The second-order valence-corrected chi connectivity index (χ2v) is 7.95. The highest BCUT2D eigenvalue weighted by Crippen LogP contribution is 2.15. The first-order chi connectivity index (χ1) is 14.1. The zero-order chi connectivity index (χ0) is 20.5. The molecule has 1 aromatic carbocycles. The van der Waals surface area contributed by atoms with Crippen molar-refractivity contribution < 1.29 is 9.53 Å². The third-order valence-corrected chi connectivity index (χ3v) is 5.52. The number of primary amides is 1. The summed E-state index contributed by atoms with van der Waals surface area (Å²) >= 11 is 1.82. The fraction of sp³-hybridized carbons (Fsp3) is 0.429. The van der Waals surface area contributed by atoms with Crippen molar-refractivity contribution in [2.45, 2.75) is 20.0 Å². The Labute approximate surface area is 199 Å². The summed E-state index contributed by atoms with van der Waals surface area (Å²) in [4.78, 5) is 21.9. The highest BCUT2D eigenvalue weighted by Gasteiger charge is 2.19. The van der Waals surface area contributed by atoms with Crippen molar-refractivity contribution >= 4 is 47.2 Å². The van der Waals surface area contributed by atoms with Crippen LogP contribution in [0.3, 0.4) is 0 Å². The van der Waals surface area contributed by atoms with E-state index in [0.717, 1.165) is 50.8 Å². The summed E-state index contributed by atoms with van der Waals surface area (Å²) < 4.78 is 5.38. The molecule has 1 amide bonds. The molecule has 3 N–H and O–H groups in total. The van der Waals surface area contributed by atoms with Gasteiger partial charge in [0.25, 0.3) is 5.91 Å². The SMILES string of the molecule is CCNC(=NCc1cccc(OCC(N)=O)c1)N1CCN(Cc2cccs2)CC1.I. The molecule has 0 unspecified atom stereocenters. The van der Waals surface area contributed by atoms with Crippen molar-refractivity contribution in [3.8, 4) is 5.75 Å². The Balaban J connectivity index is 0.00000320. The molecule has 2 heterocycles. The summed E-state index contributed by atoms with van der Waals surface area (Å²) in [5.41, 5.74) is 6.16. The van der Waals surface area contributed by atoms with Crippen molar-refractivity contribution in [1.82, 2.24) is 15.1 Å². The average molecular weight is 543 g/mol. The van der Waals surface area contributed by atoms with Crippen LogP contribution in [0.1, 0.15) is 17.4 Å². The fourth-order valence-corrected chi connectivity index (χ4v) is 3.97. The van der Waals surface area contributed by atoms with E-state index in [2.05, 4.69) is 39.6 Å². The highest BCUT2D eigenvalue weighted by molar-refractivity contribution is 14.0. The number of piperazine rings is 1. The van der Waals surface area contributed by atoms with Gasteiger partial charge in [-0.15, -0.1) is 35.3 Å². The number of benzene rings is 1. The Morgan fingerprint density at radius 1 is 1.23 bits per heavy atom. The number of nitrogens with zero attached hydrogens (tertiary/aromatic N) is 3. The predicted molar refractivity (Wildman–Crippen MR) is 133 cm³/mol. The molecule has 1 aliphatic heterocycles. The van der Waals surface area contributed by atoms with Gasteiger partial charge in [-0.3, -0.25) is 9.69 Å². The van der Waals surface area contributed by atoms with Gasteiger partial charge < -0.3 is 20.7 Å². The van der Waals surface area contributed by atoms with Crippen LogP contribution in [0.4, 0.5) is 0 Å². The fourth-order valence-electron chi connectivity index (χ4n) is 3.22. The summed E-state index contributed by atoms with van der Waals surface area (Å²) in [5.74, 6) is 1.08. The van der Waals surface area contributed by atoms with Gasteiger partial charge in [-0.1, -0.05) is 18.2 Å². The van der Waals surface area contributed by atoms with E-state index in [0.29, 0.717) is 12.3 Å². The highest BCUT2D eigenvalue weighted by atomic mass is 127. The molecule has 0 aliphatic carbocycles. The summed E-state index contributed by atoms with van der Waals surface area (Å²) in [5, 5.41) is 5.54. The van der Waals surface area contributed by atoms with Crippen LogP contribution in [0, 0.1) is 0 Å². The first kappa shape index (κ1) is 24.4. The maximum Gasteiger partial charge on any atom is 0.255 e. The number of ether oxygens (including phenoxy) is 1. The van der Waals surface area contributed by atoms with Crippen LogP contribution in [0.5, 0.6) is 5.75 Å². The normalized spacial score (nSPS) is 14.8. The third-order valence-electron chi connectivity index (χ3n) is 4.66. The average Bonchev–Trinajstić information content (AvgIpc) is 3.24. The number of rotatable bonds is 8. The summed E-state index contributed by atoms with van der Waals surface area (Å²) in [6, 6.07) is 11.9. The molecule has 1 aromatic heterocycles. The summed E-state index contributed by atoms with van der Waals surface area (Å²) in [6.45, 7) is 8.33. The smallest absolute Gasteiger partial charge is 0.255 e. The standard InChI is InChI=1S/C21H29N5O2S.HI/c1-2-23-21(24-14-17-5-3-6-18(13-17)28-16-20(22)27)26-10-8-25(9-11-26)15-19-7-4-12-29-19;/h3-7,12-13H,2,8-11,14-16H2,1H3,(H2,22,27)(H,23,24);1H. The Morgan fingerprint density at radius 2 is 2.03 bits per heavy atom. The van der Waals surface area contributed by atoms with Gasteiger partial charge in [0, 0.05) is 44.1 Å². The molecule has 1 aliphatic rings. The third kappa shape index (κ3) is 7.77. The van der Waals surface area contributed by atoms with Crippen molar-refractivity contribution in [3.05, 3.63) is 52.2 Å². The first-order valence-electron chi connectivity index (χ1n) is 9.92. The van der Waals surface area contributed by atoms with Gasteiger partial charge >= 0.3 is 0 Å². The molecule has 30 heavy (non-hydrogen) atoms. The number of guanidine groups is 1. The lowest BCUT2D eigenvalue weighted by molar-refractivity contribution is -0.119. The molecule has 2 aromatic rings. The van der Waals surface area contributed by atoms with Gasteiger partial charge in [0.2, 0.25) is 0 Å². The maximum atomic E-state index is 10.9. The minimum Gasteiger partial charge on any atom is -0.484 e. The monoisotopic (exact) mass is 543 g/mol. The number of hydrogen-bond acceptors (Lipinski definition) is 5. The van der Waals surface area contributed by atoms with E-state index < -0.39 is 5.91 Å². The van der Waals surface area contributed by atoms with Crippen molar-refractivity contribution in [1.29, 1.82) is 0 Å². The van der Waals surface area contributed by atoms with E-state index in [9.17, 15) is 4.79 Å². The second kappa shape index (κ2) is 12.8. The molecule has 0 saturated carbocycles. The minimum absolute atomic E-state index is 0. The van der Waals surface area contributed by atoms with E-state index in [-0.39, 0.29) is 30.6 Å². The number of nitrogens with two attached hydrogens (primary N) is 1. The van der Waals surface area contributed by atoms with Gasteiger partial charge in [-0.05, 0) is 36.1 Å². The zero-order valence-electron chi connectivity index (χ0n) is 17.3. The van der Waals surface area contributed by atoms with Crippen LogP contribution in [0.25, 0.3) is 0 Å². The molecule has 1 saturated heterocycles. The molecule has 9 heteroatoms. The Hall–Kier alpha value is -1.85. The van der Waals surface area contributed by atoms with Crippen molar-refractivity contribution in [2.24, 2.45) is 10.7 Å². The molecule has 0 bridgehead atoms. The number of nitrogens with one attached hydrogen (secondary N) is 1. The van der Waals surface area contributed by atoms with E-state index >= 15 is 0 Å². The van der Waals surface area contributed by atoms with Gasteiger partial charge in [-0.25, -0.2) is 4.99 Å². The van der Waals surface area contributed by atoms with Crippen LogP contribution in [0.15, 0.2) is 46.8 Å². The van der Waals surface area contributed by atoms with Gasteiger partial charge in [-0.2, -0.15) is 0 Å². The maximum absolute atomic E-state index is 10.9. The molecular formula is C21H30IN5O2S. The zero-order valence-corrected chi connectivity index (χ0v) is 20.4. The molecule has 164 valence electrons. The predicted octanol–water partition coefficient (Wildman–Crippen LogP) is 2.51. The van der Waals surface area contributed by atoms with Crippen LogP contribution >= 0.6 is 35.3 Å². The number of hydrogen-bond donors (Lipinski definition) is 2. The Kier molecular flexibility index (Phi) is 10.4. The quantitative estimate of drug-likeness (QED) is 0.304. The van der Waals surface area contributed by atoms with Crippen LogP contribution in [-0.2, 0) is 17.9 Å². The number of aliphatic imine (C=N–C) groups is 1. The molecule has 1 fully saturated rings. The molecule has 0 spiro atoms. The molecule has 0 atom stereocenters. The van der Waals surface area contributed by atoms with Crippen LogP contribution < -0.4 is 15.8 Å². The van der Waals surface area contributed by atoms with Crippen LogP contribution in [0.2, 0.25) is 0 Å². The van der Waals surface area contributed by atoms with Crippen molar-refractivity contribution in [3.63, 3.8) is 0 Å². The number of carbonyl (C=O) groups is 1. The van der Waals surface area contributed by atoms with Gasteiger partial charge in [0.1, 0.15) is 5.75 Å². The summed E-state index contributed by atoms with van der Waals surface area (Å²) in [7, 11) is 0. The minimum atomic E-state index is -0.485. The summed E-state index contributed by atoms with van der Waals surface area (Å²) in [6.07, 6.45) is 0. The van der Waals surface area contributed by atoms with Gasteiger partial charge in [0.05, 0.1) is 6.54 Å². The molecular weight excluding hydrogens is 513 g/mol.